The van der Waals surface area contributed by atoms with Crippen LogP contribution in [0.2, 0.25) is 0 Å². The molecule has 0 unspecified atom stereocenters. The minimum Gasteiger partial charge on any atom is -0.492 e. The molecule has 22 heavy (non-hydrogen) atoms. The molecule has 2 aromatic carbocycles. The minimum absolute atomic E-state index is 0.112. The summed E-state index contributed by atoms with van der Waals surface area (Å²) in [5.74, 6) is 0.974. The van der Waals surface area contributed by atoms with Gasteiger partial charge in [-0.25, -0.2) is 0 Å². The molecule has 0 saturated heterocycles. The molecule has 0 aliphatic rings. The highest BCUT2D eigenvalue weighted by atomic mass is 16.5. The highest BCUT2D eigenvalue weighted by Gasteiger charge is 2.02. The van der Waals surface area contributed by atoms with Crippen LogP contribution in [0.25, 0.3) is 0 Å². The number of nitrogens with one attached hydrogen (secondary N) is 1. The maximum Gasteiger partial charge on any atom is 0.255 e. The Labute approximate surface area is 130 Å². The molecule has 0 fully saturated rings. The van der Waals surface area contributed by atoms with Gasteiger partial charge in [-0.05, 0) is 36.8 Å². The van der Waals surface area contributed by atoms with Gasteiger partial charge in [-0.1, -0.05) is 24.3 Å². The molecule has 0 saturated carbocycles. The Hall–Kier alpha value is -2.69. The van der Waals surface area contributed by atoms with Gasteiger partial charge in [0.2, 0.25) is 0 Å². The van der Waals surface area contributed by atoms with E-state index in [1.807, 2.05) is 55.5 Å². The van der Waals surface area contributed by atoms with Crippen LogP contribution >= 0.6 is 0 Å². The molecular weight excluding hydrogens is 280 g/mol. The van der Waals surface area contributed by atoms with Gasteiger partial charge < -0.3 is 20.5 Å². The van der Waals surface area contributed by atoms with Crippen molar-refractivity contribution in [3.05, 3.63) is 54.1 Å². The van der Waals surface area contributed by atoms with Crippen molar-refractivity contribution in [1.82, 2.24) is 0 Å². The molecule has 0 aliphatic carbocycles. The van der Waals surface area contributed by atoms with E-state index in [4.69, 9.17) is 15.2 Å². The van der Waals surface area contributed by atoms with Crippen molar-refractivity contribution in [2.24, 2.45) is 5.73 Å². The number of primary amides is 1. The third-order valence-electron chi connectivity index (χ3n) is 2.97. The van der Waals surface area contributed by atoms with E-state index >= 15 is 0 Å². The summed E-state index contributed by atoms with van der Waals surface area (Å²) in [6.45, 7) is 3.14. The van der Waals surface area contributed by atoms with Crippen LogP contribution in [0.15, 0.2) is 48.5 Å². The summed E-state index contributed by atoms with van der Waals surface area (Å²) in [4.78, 5) is 10.7. The first kappa shape index (κ1) is 15.7. The summed E-state index contributed by atoms with van der Waals surface area (Å²) in [5.41, 5.74) is 7.09. The van der Waals surface area contributed by atoms with E-state index < -0.39 is 5.91 Å². The van der Waals surface area contributed by atoms with Gasteiger partial charge in [-0.3, -0.25) is 4.79 Å². The van der Waals surface area contributed by atoms with Gasteiger partial charge in [-0.2, -0.15) is 0 Å². The van der Waals surface area contributed by atoms with E-state index in [0.717, 1.165) is 17.0 Å². The van der Waals surface area contributed by atoms with Crippen LogP contribution in [0.1, 0.15) is 12.5 Å². The van der Waals surface area contributed by atoms with Crippen LogP contribution in [-0.4, -0.2) is 19.1 Å². The summed E-state index contributed by atoms with van der Waals surface area (Å²) in [5, 5.41) is 3.34. The highest BCUT2D eigenvalue weighted by Crippen LogP contribution is 2.24. The Morgan fingerprint density at radius 3 is 2.50 bits per heavy atom. The second-order valence-electron chi connectivity index (χ2n) is 4.68. The predicted molar refractivity (Wildman–Crippen MR) is 86.1 cm³/mol. The number of anilines is 1. The zero-order chi connectivity index (χ0) is 15.8. The van der Waals surface area contributed by atoms with Crippen LogP contribution in [0.3, 0.4) is 0 Å². The zero-order valence-corrected chi connectivity index (χ0v) is 12.5. The van der Waals surface area contributed by atoms with Crippen LogP contribution < -0.4 is 20.5 Å². The van der Waals surface area contributed by atoms with Crippen molar-refractivity contribution in [2.75, 3.05) is 18.5 Å². The van der Waals surface area contributed by atoms with Crippen LogP contribution in [0.5, 0.6) is 11.5 Å². The van der Waals surface area contributed by atoms with Crippen molar-refractivity contribution in [3.63, 3.8) is 0 Å². The van der Waals surface area contributed by atoms with E-state index in [9.17, 15) is 4.79 Å². The van der Waals surface area contributed by atoms with Gasteiger partial charge in [0, 0.05) is 6.54 Å². The third kappa shape index (κ3) is 4.70. The smallest absolute Gasteiger partial charge is 0.255 e. The Balaban J connectivity index is 1.93. The number of para-hydroxylation sites is 2. The van der Waals surface area contributed by atoms with Crippen molar-refractivity contribution in [2.45, 2.75) is 13.5 Å². The molecule has 3 N–H and O–H groups in total. The standard InChI is InChI=1S/C17H20N2O3/c1-2-21-16-6-4-3-5-15(16)19-11-13-7-9-14(10-8-13)22-12-17(18)20/h3-10,19H,2,11-12H2,1H3,(H2,18,20). The molecule has 0 spiro atoms. The first-order chi connectivity index (χ1) is 10.7. The van der Waals surface area contributed by atoms with Crippen molar-refractivity contribution < 1.29 is 14.3 Å². The van der Waals surface area contributed by atoms with Crippen molar-refractivity contribution in [1.29, 1.82) is 0 Å². The fourth-order valence-corrected chi connectivity index (χ4v) is 1.95. The predicted octanol–water partition coefficient (Wildman–Crippen LogP) is 2.56. The molecule has 5 nitrogen and oxygen atoms in total. The SMILES string of the molecule is CCOc1ccccc1NCc1ccc(OCC(N)=O)cc1. The molecule has 0 aromatic heterocycles. The number of amides is 1. The summed E-state index contributed by atoms with van der Waals surface area (Å²) in [6, 6.07) is 15.3. The molecule has 0 atom stereocenters. The summed E-state index contributed by atoms with van der Waals surface area (Å²) in [6.07, 6.45) is 0. The first-order valence-corrected chi connectivity index (χ1v) is 7.14. The highest BCUT2D eigenvalue weighted by molar-refractivity contribution is 5.75. The Bertz CT molecular complexity index is 612. The van der Waals surface area contributed by atoms with Gasteiger partial charge in [-0.15, -0.1) is 0 Å². The first-order valence-electron chi connectivity index (χ1n) is 7.14. The Kier molecular flexibility index (Phi) is 5.65. The summed E-state index contributed by atoms with van der Waals surface area (Å²) in [7, 11) is 0. The molecule has 116 valence electrons. The van der Waals surface area contributed by atoms with Gasteiger partial charge in [0.15, 0.2) is 6.61 Å². The number of rotatable bonds is 8. The zero-order valence-electron chi connectivity index (χ0n) is 12.5. The second-order valence-corrected chi connectivity index (χ2v) is 4.68. The van der Waals surface area contributed by atoms with Crippen molar-refractivity contribution >= 4 is 11.6 Å². The number of carbonyl (C=O) groups is 1. The molecule has 2 rings (SSSR count). The summed E-state index contributed by atoms with van der Waals surface area (Å²) >= 11 is 0. The van der Waals surface area contributed by atoms with Gasteiger partial charge in [0.05, 0.1) is 12.3 Å². The molecule has 0 aliphatic heterocycles. The largest absolute Gasteiger partial charge is 0.492 e. The van der Waals surface area contributed by atoms with Gasteiger partial charge in [0.1, 0.15) is 11.5 Å². The van der Waals surface area contributed by atoms with E-state index in [1.54, 1.807) is 0 Å². The lowest BCUT2D eigenvalue weighted by atomic mass is 10.2. The van der Waals surface area contributed by atoms with E-state index in [0.29, 0.717) is 18.9 Å². The Morgan fingerprint density at radius 2 is 1.82 bits per heavy atom. The number of hydrogen-bond acceptors (Lipinski definition) is 4. The lowest BCUT2D eigenvalue weighted by Gasteiger charge is -2.12. The molecule has 5 heteroatoms. The van der Waals surface area contributed by atoms with Crippen LogP contribution in [-0.2, 0) is 11.3 Å². The van der Waals surface area contributed by atoms with Gasteiger partial charge >= 0.3 is 0 Å². The molecule has 0 bridgehead atoms. The van der Waals surface area contributed by atoms with E-state index in [2.05, 4.69) is 5.32 Å². The topological polar surface area (TPSA) is 73.6 Å². The van der Waals surface area contributed by atoms with Gasteiger partial charge in [0.25, 0.3) is 5.91 Å². The molecule has 0 heterocycles. The van der Waals surface area contributed by atoms with Crippen LogP contribution in [0.4, 0.5) is 5.69 Å². The van der Waals surface area contributed by atoms with E-state index in [1.165, 1.54) is 0 Å². The Morgan fingerprint density at radius 1 is 1.09 bits per heavy atom. The lowest BCUT2D eigenvalue weighted by Crippen LogP contribution is -2.19. The average molecular weight is 300 g/mol. The third-order valence-corrected chi connectivity index (χ3v) is 2.97. The normalized spacial score (nSPS) is 10.0. The molecular formula is C17H20N2O3. The molecule has 2 aromatic rings. The maximum absolute atomic E-state index is 10.7. The summed E-state index contributed by atoms with van der Waals surface area (Å²) < 4.78 is 10.8. The van der Waals surface area contributed by atoms with E-state index in [-0.39, 0.29) is 6.61 Å². The number of hydrogen-bond donors (Lipinski definition) is 2. The quantitative estimate of drug-likeness (QED) is 0.786. The van der Waals surface area contributed by atoms with Crippen molar-refractivity contribution in [3.8, 4) is 11.5 Å². The second kappa shape index (κ2) is 7.93. The molecule has 0 radical (unpaired) electrons. The molecule has 1 amide bonds. The number of ether oxygens (including phenoxy) is 2. The average Bonchev–Trinajstić information content (AvgIpc) is 2.53. The van der Waals surface area contributed by atoms with Crippen LogP contribution in [0, 0.1) is 0 Å². The lowest BCUT2D eigenvalue weighted by molar-refractivity contribution is -0.119. The number of nitrogens with two attached hydrogens (primary N) is 1. The minimum atomic E-state index is -0.488. The fraction of sp³-hybridized carbons (Fsp3) is 0.235. The monoisotopic (exact) mass is 300 g/mol. The number of benzene rings is 2. The fourth-order valence-electron chi connectivity index (χ4n) is 1.95. The maximum atomic E-state index is 10.7. The number of carbonyl (C=O) groups excluding carboxylic acids is 1.